The lowest BCUT2D eigenvalue weighted by Crippen LogP contribution is -2.14. The number of pyridine rings is 1. The van der Waals surface area contributed by atoms with Gasteiger partial charge in [0.05, 0.1) is 17.5 Å². The van der Waals surface area contributed by atoms with Crippen LogP contribution in [0.1, 0.15) is 30.2 Å². The fraction of sp³-hybridized carbons (Fsp3) is 0.250. The van der Waals surface area contributed by atoms with Gasteiger partial charge in [0.15, 0.2) is 0 Å². The van der Waals surface area contributed by atoms with E-state index < -0.39 is 6.10 Å². The maximum absolute atomic E-state index is 10.1. The second-order valence-corrected chi connectivity index (χ2v) is 4.84. The molecule has 1 N–H and O–H groups in total. The average Bonchev–Trinajstić information content (AvgIpc) is 2.97. The Morgan fingerprint density at radius 2 is 1.95 bits per heavy atom. The molecule has 102 valence electrons. The van der Waals surface area contributed by atoms with Gasteiger partial charge in [-0.2, -0.15) is 0 Å². The van der Waals surface area contributed by atoms with E-state index in [1.54, 1.807) is 6.20 Å². The van der Waals surface area contributed by atoms with Crippen molar-refractivity contribution < 1.29 is 9.94 Å². The van der Waals surface area contributed by atoms with E-state index in [2.05, 4.69) is 10.1 Å². The number of aromatic nitrogens is 1. The molecule has 0 saturated heterocycles. The molecular weight excluding hydrogens is 252 g/mol. The van der Waals surface area contributed by atoms with Crippen molar-refractivity contribution in [2.24, 2.45) is 5.16 Å². The molecule has 0 fully saturated rings. The number of aliphatic hydroxyl groups is 1. The van der Waals surface area contributed by atoms with E-state index in [0.29, 0.717) is 18.5 Å². The van der Waals surface area contributed by atoms with Gasteiger partial charge in [-0.15, -0.1) is 0 Å². The first kappa shape index (κ1) is 12.8. The van der Waals surface area contributed by atoms with E-state index in [4.69, 9.17) is 4.84 Å². The lowest BCUT2D eigenvalue weighted by atomic mass is 10.0. The third-order valence-electron chi connectivity index (χ3n) is 3.36. The van der Waals surface area contributed by atoms with Crippen molar-refractivity contribution in [3.05, 3.63) is 66.0 Å². The minimum atomic E-state index is -0.619. The van der Waals surface area contributed by atoms with Gasteiger partial charge < -0.3 is 9.94 Å². The lowest BCUT2D eigenvalue weighted by Gasteiger charge is -2.13. The Morgan fingerprint density at radius 1 is 1.15 bits per heavy atom. The van der Waals surface area contributed by atoms with Gasteiger partial charge >= 0.3 is 0 Å². The van der Waals surface area contributed by atoms with Crippen LogP contribution in [0.5, 0.6) is 0 Å². The first-order chi connectivity index (χ1) is 9.83. The maximum Gasteiger partial charge on any atom is 0.136 e. The number of hydrogen-bond acceptors (Lipinski definition) is 4. The molecule has 1 aromatic heterocycles. The van der Waals surface area contributed by atoms with Crippen LogP contribution in [0.4, 0.5) is 0 Å². The molecule has 0 saturated carbocycles. The summed E-state index contributed by atoms with van der Waals surface area (Å²) in [5, 5.41) is 14.3. The summed E-state index contributed by atoms with van der Waals surface area (Å²) in [6, 6.07) is 15.5. The van der Waals surface area contributed by atoms with Crippen LogP contribution in [0.15, 0.2) is 59.9 Å². The van der Waals surface area contributed by atoms with Gasteiger partial charge in [0.1, 0.15) is 6.10 Å². The first-order valence-corrected chi connectivity index (χ1v) is 6.70. The summed E-state index contributed by atoms with van der Waals surface area (Å²) in [7, 11) is 0. The van der Waals surface area contributed by atoms with Crippen molar-refractivity contribution in [1.82, 2.24) is 4.98 Å². The van der Waals surface area contributed by atoms with Gasteiger partial charge in [-0.3, -0.25) is 4.98 Å². The fourth-order valence-corrected chi connectivity index (χ4v) is 2.30. The quantitative estimate of drug-likeness (QED) is 0.927. The highest BCUT2D eigenvalue weighted by Gasteiger charge is 2.25. The topological polar surface area (TPSA) is 54.7 Å². The van der Waals surface area contributed by atoms with E-state index in [-0.39, 0.29) is 6.10 Å². The molecule has 0 spiro atoms. The summed E-state index contributed by atoms with van der Waals surface area (Å²) < 4.78 is 0. The Hall–Kier alpha value is -2.20. The molecule has 2 heterocycles. The predicted octanol–water partition coefficient (Wildman–Crippen LogP) is 2.70. The third-order valence-corrected chi connectivity index (χ3v) is 3.36. The summed E-state index contributed by atoms with van der Waals surface area (Å²) in [4.78, 5) is 9.57. The van der Waals surface area contributed by atoms with Crippen LogP contribution in [-0.2, 0) is 4.84 Å². The van der Waals surface area contributed by atoms with Crippen molar-refractivity contribution >= 4 is 5.71 Å². The van der Waals surface area contributed by atoms with Gasteiger partial charge in [0.25, 0.3) is 0 Å². The smallest absolute Gasteiger partial charge is 0.136 e. The highest BCUT2D eigenvalue weighted by molar-refractivity contribution is 6.01. The van der Waals surface area contributed by atoms with Gasteiger partial charge in [-0.05, 0) is 17.7 Å². The minimum Gasteiger partial charge on any atom is -0.392 e. The lowest BCUT2D eigenvalue weighted by molar-refractivity contribution is 0.0349. The number of oxime groups is 1. The Kier molecular flexibility index (Phi) is 3.74. The largest absolute Gasteiger partial charge is 0.392 e. The molecule has 4 heteroatoms. The SMILES string of the molecule is OC(CC1CC(c2ccccc2)=NO1)c1ccccn1. The zero-order valence-electron chi connectivity index (χ0n) is 11.0. The van der Waals surface area contributed by atoms with Crippen LogP contribution in [0.25, 0.3) is 0 Å². The molecule has 20 heavy (non-hydrogen) atoms. The fourth-order valence-electron chi connectivity index (χ4n) is 2.30. The van der Waals surface area contributed by atoms with Crippen molar-refractivity contribution in [3.63, 3.8) is 0 Å². The molecule has 3 rings (SSSR count). The van der Waals surface area contributed by atoms with Crippen molar-refractivity contribution in [2.75, 3.05) is 0 Å². The molecule has 0 bridgehead atoms. The predicted molar refractivity (Wildman–Crippen MR) is 76.3 cm³/mol. The van der Waals surface area contributed by atoms with Crippen LogP contribution in [0.3, 0.4) is 0 Å². The number of hydrogen-bond donors (Lipinski definition) is 1. The Labute approximate surface area is 117 Å². The van der Waals surface area contributed by atoms with Crippen LogP contribution in [0, 0.1) is 0 Å². The molecular formula is C16H16N2O2. The maximum atomic E-state index is 10.1. The average molecular weight is 268 g/mol. The van der Waals surface area contributed by atoms with Gasteiger partial charge in [0, 0.05) is 19.0 Å². The highest BCUT2D eigenvalue weighted by Crippen LogP contribution is 2.24. The van der Waals surface area contributed by atoms with E-state index in [1.807, 2.05) is 48.5 Å². The zero-order chi connectivity index (χ0) is 13.8. The zero-order valence-corrected chi connectivity index (χ0v) is 11.0. The molecule has 0 radical (unpaired) electrons. The highest BCUT2D eigenvalue weighted by atomic mass is 16.6. The van der Waals surface area contributed by atoms with E-state index in [1.165, 1.54) is 0 Å². The second-order valence-electron chi connectivity index (χ2n) is 4.84. The van der Waals surface area contributed by atoms with Crippen molar-refractivity contribution in [3.8, 4) is 0 Å². The Balaban J connectivity index is 1.60. The molecule has 2 atom stereocenters. The molecule has 2 unspecified atom stereocenters. The molecule has 1 aliphatic heterocycles. The van der Waals surface area contributed by atoms with Crippen molar-refractivity contribution in [2.45, 2.75) is 25.0 Å². The number of nitrogens with zero attached hydrogens (tertiary/aromatic N) is 2. The Morgan fingerprint density at radius 3 is 2.70 bits per heavy atom. The minimum absolute atomic E-state index is 0.0952. The number of benzene rings is 1. The van der Waals surface area contributed by atoms with Crippen LogP contribution in [0.2, 0.25) is 0 Å². The van der Waals surface area contributed by atoms with Gasteiger partial charge in [-0.1, -0.05) is 41.6 Å². The van der Waals surface area contributed by atoms with Gasteiger partial charge in [-0.25, -0.2) is 0 Å². The second kappa shape index (κ2) is 5.84. The summed E-state index contributed by atoms with van der Waals surface area (Å²) in [5.74, 6) is 0. The van der Waals surface area contributed by atoms with Crippen LogP contribution in [-0.4, -0.2) is 21.9 Å². The van der Waals surface area contributed by atoms with E-state index >= 15 is 0 Å². The molecule has 4 nitrogen and oxygen atoms in total. The van der Waals surface area contributed by atoms with Crippen LogP contribution < -0.4 is 0 Å². The molecule has 1 aliphatic rings. The number of aliphatic hydroxyl groups excluding tert-OH is 1. The standard InChI is InChI=1S/C16H16N2O2/c19-16(14-8-4-5-9-17-14)11-13-10-15(18-20-13)12-6-2-1-3-7-12/h1-9,13,16,19H,10-11H2. The monoisotopic (exact) mass is 268 g/mol. The molecule has 1 aromatic carbocycles. The molecule has 0 aliphatic carbocycles. The normalized spacial score (nSPS) is 19.2. The van der Waals surface area contributed by atoms with E-state index in [0.717, 1.165) is 11.3 Å². The van der Waals surface area contributed by atoms with E-state index in [9.17, 15) is 5.11 Å². The number of rotatable bonds is 4. The molecule has 2 aromatic rings. The third kappa shape index (κ3) is 2.86. The summed E-state index contributed by atoms with van der Waals surface area (Å²) in [6.07, 6.45) is 2.18. The summed E-state index contributed by atoms with van der Waals surface area (Å²) >= 11 is 0. The Bertz CT molecular complexity index is 584. The van der Waals surface area contributed by atoms with Gasteiger partial charge in [0.2, 0.25) is 0 Å². The van der Waals surface area contributed by atoms with Crippen molar-refractivity contribution in [1.29, 1.82) is 0 Å². The van der Waals surface area contributed by atoms with Crippen LogP contribution >= 0.6 is 0 Å². The summed E-state index contributed by atoms with van der Waals surface area (Å²) in [5.41, 5.74) is 2.68. The molecule has 0 amide bonds. The first-order valence-electron chi connectivity index (χ1n) is 6.70. The summed E-state index contributed by atoms with van der Waals surface area (Å²) in [6.45, 7) is 0.